The predicted molar refractivity (Wildman–Crippen MR) is 117 cm³/mol. The number of furan rings is 1. The van der Waals surface area contributed by atoms with Crippen LogP contribution in [0.4, 0.5) is 0 Å². The molecule has 1 aromatic carbocycles. The Bertz CT molecular complexity index is 1000. The molecule has 1 aliphatic carbocycles. The van der Waals surface area contributed by atoms with Gasteiger partial charge < -0.3 is 9.15 Å². The molecule has 0 spiro atoms. The van der Waals surface area contributed by atoms with Crippen LogP contribution in [0.15, 0.2) is 68.2 Å². The topological polar surface area (TPSA) is 68.9 Å². The minimum Gasteiger partial charge on any atom is -0.469 e. The summed E-state index contributed by atoms with van der Waals surface area (Å²) >= 11 is 1.66. The van der Waals surface area contributed by atoms with Gasteiger partial charge >= 0.3 is 5.97 Å². The highest BCUT2D eigenvalue weighted by atomic mass is 32.2. The highest BCUT2D eigenvalue weighted by Gasteiger charge is 2.46. The van der Waals surface area contributed by atoms with Gasteiger partial charge in [0.05, 0.1) is 24.4 Å². The van der Waals surface area contributed by atoms with Crippen LogP contribution < -0.4 is 0 Å². The van der Waals surface area contributed by atoms with Crippen LogP contribution in [0.5, 0.6) is 0 Å². The van der Waals surface area contributed by atoms with Gasteiger partial charge in [-0.05, 0) is 56.4 Å². The van der Waals surface area contributed by atoms with E-state index in [1.54, 1.807) is 24.9 Å². The molecule has 5 nitrogen and oxygen atoms in total. The maximum atomic E-state index is 13.4. The number of hydrogen-bond acceptors (Lipinski definition) is 6. The van der Waals surface area contributed by atoms with Crippen molar-refractivity contribution >= 4 is 29.2 Å². The highest BCUT2D eigenvalue weighted by molar-refractivity contribution is 7.98. The Morgan fingerprint density at radius 1 is 1.20 bits per heavy atom. The quantitative estimate of drug-likeness (QED) is 0.492. The zero-order valence-electron chi connectivity index (χ0n) is 17.4. The first kappa shape index (κ1) is 20.7. The van der Waals surface area contributed by atoms with E-state index in [9.17, 15) is 9.59 Å². The molecule has 156 valence electrons. The van der Waals surface area contributed by atoms with E-state index in [2.05, 4.69) is 0 Å². The SMILES string of the molecule is CCOC(=O)C1=C(C)N=C2C[C@@H](c3ccco3)CC(=O)[C@@H]2[C@@H]1c1ccc(SC)cc1. The van der Waals surface area contributed by atoms with Crippen LogP contribution in [0.3, 0.4) is 0 Å². The van der Waals surface area contributed by atoms with Gasteiger partial charge in [0.1, 0.15) is 11.5 Å². The minimum absolute atomic E-state index is 0.0149. The Kier molecular flexibility index (Phi) is 5.95. The molecule has 4 rings (SSSR count). The fourth-order valence-electron chi connectivity index (χ4n) is 4.55. The average molecular weight is 424 g/mol. The van der Waals surface area contributed by atoms with E-state index in [0.717, 1.165) is 21.9 Å². The van der Waals surface area contributed by atoms with Crippen molar-refractivity contribution in [2.24, 2.45) is 10.9 Å². The fraction of sp³-hybridized carbons (Fsp3) is 0.375. The maximum absolute atomic E-state index is 13.4. The summed E-state index contributed by atoms with van der Waals surface area (Å²) in [6, 6.07) is 11.8. The van der Waals surface area contributed by atoms with E-state index in [0.29, 0.717) is 24.1 Å². The molecule has 2 aromatic rings. The van der Waals surface area contributed by atoms with Crippen molar-refractivity contribution in [2.75, 3.05) is 12.9 Å². The molecular weight excluding hydrogens is 398 g/mol. The van der Waals surface area contributed by atoms with Gasteiger partial charge in [0, 0.05) is 34.6 Å². The summed E-state index contributed by atoms with van der Waals surface area (Å²) in [7, 11) is 0. The summed E-state index contributed by atoms with van der Waals surface area (Å²) in [4.78, 5) is 32.1. The maximum Gasteiger partial charge on any atom is 0.336 e. The van der Waals surface area contributed by atoms with Crippen molar-refractivity contribution in [3.8, 4) is 0 Å². The Balaban J connectivity index is 1.79. The molecule has 1 fully saturated rings. The van der Waals surface area contributed by atoms with Crippen LogP contribution in [0, 0.1) is 5.92 Å². The van der Waals surface area contributed by atoms with Crippen LogP contribution >= 0.6 is 11.8 Å². The van der Waals surface area contributed by atoms with Crippen molar-refractivity contribution in [3.63, 3.8) is 0 Å². The number of allylic oxidation sites excluding steroid dienone is 1. The Morgan fingerprint density at radius 2 is 1.97 bits per heavy atom. The molecule has 3 atom stereocenters. The number of thioether (sulfide) groups is 1. The number of nitrogens with zero attached hydrogens (tertiary/aromatic N) is 1. The van der Waals surface area contributed by atoms with Crippen LogP contribution in [0.25, 0.3) is 0 Å². The van der Waals surface area contributed by atoms with Gasteiger partial charge in [0.15, 0.2) is 0 Å². The molecule has 6 heteroatoms. The Labute approximate surface area is 180 Å². The molecule has 1 saturated carbocycles. The van der Waals surface area contributed by atoms with Gasteiger partial charge in [-0.1, -0.05) is 12.1 Å². The molecule has 1 aromatic heterocycles. The van der Waals surface area contributed by atoms with Crippen molar-refractivity contribution in [1.82, 2.24) is 0 Å². The average Bonchev–Trinajstić information content (AvgIpc) is 3.28. The van der Waals surface area contributed by atoms with Crippen molar-refractivity contribution in [2.45, 2.75) is 43.4 Å². The third-order valence-electron chi connectivity index (χ3n) is 5.87. The number of carbonyl (C=O) groups is 2. The molecule has 0 amide bonds. The van der Waals surface area contributed by atoms with Crippen LogP contribution in [-0.2, 0) is 14.3 Å². The lowest BCUT2D eigenvalue weighted by molar-refractivity contribution is -0.139. The number of carbonyl (C=O) groups excluding carboxylic acids is 2. The predicted octanol–water partition coefficient (Wildman–Crippen LogP) is 5.14. The summed E-state index contributed by atoms with van der Waals surface area (Å²) in [5, 5.41) is 0. The second kappa shape index (κ2) is 8.64. The zero-order chi connectivity index (χ0) is 21.3. The molecule has 2 heterocycles. The molecule has 30 heavy (non-hydrogen) atoms. The largest absolute Gasteiger partial charge is 0.469 e. The molecule has 1 aliphatic heterocycles. The number of Topliss-reactive ketones (excluding diaryl/α,β-unsaturated/α-hetero) is 1. The Hall–Kier alpha value is -2.60. The van der Waals surface area contributed by atoms with Gasteiger partial charge in [0.25, 0.3) is 0 Å². The molecule has 2 aliphatic rings. The van der Waals surface area contributed by atoms with E-state index >= 15 is 0 Å². The van der Waals surface area contributed by atoms with Crippen molar-refractivity contribution in [1.29, 1.82) is 0 Å². The highest BCUT2D eigenvalue weighted by Crippen LogP contribution is 2.46. The first-order valence-electron chi connectivity index (χ1n) is 10.2. The summed E-state index contributed by atoms with van der Waals surface area (Å²) in [6.07, 6.45) is 4.69. The second-order valence-corrected chi connectivity index (χ2v) is 8.52. The van der Waals surface area contributed by atoms with E-state index in [1.807, 2.05) is 49.6 Å². The molecule has 0 unspecified atom stereocenters. The fourth-order valence-corrected chi connectivity index (χ4v) is 4.95. The number of esters is 1. The monoisotopic (exact) mass is 423 g/mol. The molecule has 0 saturated heterocycles. The van der Waals surface area contributed by atoms with Gasteiger partial charge in [0.2, 0.25) is 0 Å². The number of benzene rings is 1. The number of ketones is 1. The summed E-state index contributed by atoms with van der Waals surface area (Å²) in [5.74, 6) is -0.327. The number of fused-ring (bicyclic) bond motifs is 1. The Morgan fingerprint density at radius 3 is 2.60 bits per heavy atom. The minimum atomic E-state index is -0.445. The van der Waals surface area contributed by atoms with Gasteiger partial charge in [-0.3, -0.25) is 9.79 Å². The number of rotatable bonds is 5. The van der Waals surface area contributed by atoms with Crippen molar-refractivity contribution < 1.29 is 18.7 Å². The van der Waals surface area contributed by atoms with Crippen LogP contribution in [0.1, 0.15) is 49.8 Å². The normalized spacial score (nSPS) is 23.8. The lowest BCUT2D eigenvalue weighted by Crippen LogP contribution is -2.41. The van der Waals surface area contributed by atoms with E-state index in [4.69, 9.17) is 14.1 Å². The molecule has 0 bridgehead atoms. The smallest absolute Gasteiger partial charge is 0.336 e. The van der Waals surface area contributed by atoms with Gasteiger partial charge in [-0.2, -0.15) is 0 Å². The van der Waals surface area contributed by atoms with Crippen molar-refractivity contribution in [3.05, 3.63) is 65.3 Å². The number of hydrogen-bond donors (Lipinski definition) is 0. The summed E-state index contributed by atoms with van der Waals surface area (Å²) in [5.41, 5.74) is 2.90. The number of aliphatic imine (C=N–C) groups is 1. The lowest BCUT2D eigenvalue weighted by atomic mass is 9.67. The van der Waals surface area contributed by atoms with E-state index in [1.165, 1.54) is 0 Å². The first-order chi connectivity index (χ1) is 14.5. The second-order valence-electron chi connectivity index (χ2n) is 7.64. The lowest BCUT2D eigenvalue weighted by Gasteiger charge is -2.37. The standard InChI is InChI=1S/C24H25NO4S/c1-4-28-24(27)21-14(2)25-18-12-16(20-6-5-11-29-20)13-19(26)23(18)22(21)15-7-9-17(30-3)10-8-15/h5-11,16,22-23H,4,12-13H2,1-3H3/t16-,22-,23-/m1/s1. The summed E-state index contributed by atoms with van der Waals surface area (Å²) < 4.78 is 10.9. The molecular formula is C24H25NO4S. The summed E-state index contributed by atoms with van der Waals surface area (Å²) in [6.45, 7) is 3.90. The van der Waals surface area contributed by atoms with Gasteiger partial charge in [-0.15, -0.1) is 11.8 Å². The molecule has 0 N–H and O–H groups in total. The van der Waals surface area contributed by atoms with Crippen LogP contribution in [-0.4, -0.2) is 30.3 Å². The van der Waals surface area contributed by atoms with Crippen LogP contribution in [0.2, 0.25) is 0 Å². The number of ether oxygens (including phenoxy) is 1. The van der Waals surface area contributed by atoms with E-state index < -0.39 is 11.9 Å². The van der Waals surface area contributed by atoms with Gasteiger partial charge in [-0.25, -0.2) is 4.79 Å². The first-order valence-corrected chi connectivity index (χ1v) is 11.4. The zero-order valence-corrected chi connectivity index (χ0v) is 18.2. The third-order valence-corrected chi connectivity index (χ3v) is 6.61. The molecule has 0 radical (unpaired) electrons. The van der Waals surface area contributed by atoms with E-state index in [-0.39, 0.29) is 24.2 Å². The third kappa shape index (κ3) is 3.76.